The number of hydrogen-bond acceptors (Lipinski definition) is 3. The number of rotatable bonds is 8. The Morgan fingerprint density at radius 3 is 2.00 bits per heavy atom. The molecule has 0 atom stereocenters. The van der Waals surface area contributed by atoms with Crippen LogP contribution in [0.25, 0.3) is 21.5 Å². The maximum Gasteiger partial charge on any atom is 0.161 e. The van der Waals surface area contributed by atoms with Crippen molar-refractivity contribution in [1.29, 1.82) is 0 Å². The minimum absolute atomic E-state index is 0. The summed E-state index contributed by atoms with van der Waals surface area (Å²) in [5.74, 6) is 2.64. The molecule has 0 heterocycles. The van der Waals surface area contributed by atoms with E-state index >= 15 is 0 Å². The molecule has 0 fully saturated rings. The summed E-state index contributed by atoms with van der Waals surface area (Å²) in [6.45, 7) is 2.39. The van der Waals surface area contributed by atoms with Crippen LogP contribution in [0, 0.1) is 0 Å². The number of benzene rings is 3. The molecule has 0 unspecified atom stereocenters. The fourth-order valence-corrected chi connectivity index (χ4v) is 3.86. The SMILES string of the molecule is COc1cc2c(CN(CCCl)CCCl)cc3ccccc3c2cc1OC.Cl. The van der Waals surface area contributed by atoms with E-state index < -0.39 is 0 Å². The number of halogens is 3. The smallest absolute Gasteiger partial charge is 0.161 e. The monoisotopic (exact) mass is 427 g/mol. The van der Waals surface area contributed by atoms with Gasteiger partial charge in [0.05, 0.1) is 14.2 Å². The van der Waals surface area contributed by atoms with E-state index in [1.54, 1.807) is 14.2 Å². The summed E-state index contributed by atoms with van der Waals surface area (Å²) in [6.07, 6.45) is 0. The van der Waals surface area contributed by atoms with Gasteiger partial charge in [-0.15, -0.1) is 35.6 Å². The van der Waals surface area contributed by atoms with Crippen molar-refractivity contribution in [1.82, 2.24) is 4.90 Å². The topological polar surface area (TPSA) is 21.7 Å². The highest BCUT2D eigenvalue weighted by molar-refractivity contribution is 6.18. The van der Waals surface area contributed by atoms with Crippen LogP contribution >= 0.6 is 35.6 Å². The summed E-state index contributed by atoms with van der Waals surface area (Å²) in [7, 11) is 3.33. The van der Waals surface area contributed by atoms with Gasteiger partial charge in [-0.1, -0.05) is 24.3 Å². The van der Waals surface area contributed by atoms with Gasteiger partial charge in [-0.3, -0.25) is 4.90 Å². The molecule has 0 aliphatic rings. The lowest BCUT2D eigenvalue weighted by Gasteiger charge is -2.22. The van der Waals surface area contributed by atoms with Crippen LogP contribution in [0.3, 0.4) is 0 Å². The summed E-state index contributed by atoms with van der Waals surface area (Å²) in [6, 6.07) is 14.8. The van der Waals surface area contributed by atoms with Crippen molar-refractivity contribution in [3.63, 3.8) is 0 Å². The third-order valence-electron chi connectivity index (χ3n) is 4.65. The molecule has 3 rings (SSSR count). The minimum atomic E-state index is 0. The van der Waals surface area contributed by atoms with Crippen LogP contribution in [0.4, 0.5) is 0 Å². The van der Waals surface area contributed by atoms with E-state index in [0.29, 0.717) is 11.8 Å². The van der Waals surface area contributed by atoms with Gasteiger partial charge in [-0.05, 0) is 45.3 Å². The van der Waals surface area contributed by atoms with Crippen molar-refractivity contribution in [2.75, 3.05) is 39.1 Å². The fourth-order valence-electron chi connectivity index (χ4n) is 3.38. The van der Waals surface area contributed by atoms with Crippen LogP contribution in [0.5, 0.6) is 11.5 Å². The summed E-state index contributed by atoms with van der Waals surface area (Å²) < 4.78 is 11.1. The van der Waals surface area contributed by atoms with E-state index in [1.807, 2.05) is 0 Å². The lowest BCUT2D eigenvalue weighted by Crippen LogP contribution is -2.27. The second kappa shape index (κ2) is 10.2. The van der Waals surface area contributed by atoms with Gasteiger partial charge in [0.2, 0.25) is 0 Å². The highest BCUT2D eigenvalue weighted by Crippen LogP contribution is 2.38. The molecule has 3 aromatic rings. The number of fused-ring (bicyclic) bond motifs is 3. The zero-order chi connectivity index (χ0) is 18.5. The Labute approximate surface area is 176 Å². The number of alkyl halides is 2. The van der Waals surface area contributed by atoms with Crippen LogP contribution in [-0.4, -0.2) is 44.0 Å². The van der Waals surface area contributed by atoms with Crippen molar-refractivity contribution < 1.29 is 9.47 Å². The maximum atomic E-state index is 5.98. The van der Waals surface area contributed by atoms with E-state index in [1.165, 1.54) is 16.3 Å². The highest BCUT2D eigenvalue weighted by atomic mass is 35.5. The molecule has 0 aliphatic heterocycles. The molecular weight excluding hydrogens is 405 g/mol. The van der Waals surface area contributed by atoms with E-state index in [2.05, 4.69) is 47.4 Å². The molecule has 3 aromatic carbocycles. The minimum Gasteiger partial charge on any atom is -0.493 e. The quantitative estimate of drug-likeness (QED) is 0.339. The molecule has 0 radical (unpaired) electrons. The molecule has 0 bridgehead atoms. The number of ether oxygens (including phenoxy) is 2. The Morgan fingerprint density at radius 1 is 0.815 bits per heavy atom. The van der Waals surface area contributed by atoms with Gasteiger partial charge < -0.3 is 9.47 Å². The molecule has 0 N–H and O–H groups in total. The van der Waals surface area contributed by atoms with Crippen molar-refractivity contribution in [2.24, 2.45) is 0 Å². The Bertz CT molecular complexity index is 895. The summed E-state index contributed by atoms with van der Waals surface area (Å²) >= 11 is 12.0. The zero-order valence-electron chi connectivity index (χ0n) is 15.5. The van der Waals surface area contributed by atoms with Crippen LogP contribution in [0.1, 0.15) is 5.56 Å². The molecule has 3 nitrogen and oxygen atoms in total. The standard InChI is InChI=1S/C21H23Cl2NO2.ClH/c1-25-20-12-18-16(14-24(9-7-22)10-8-23)11-15-5-3-4-6-17(15)19(18)13-21(20)26-2;/h3-6,11-13H,7-10,14H2,1-2H3;1H. The molecule has 146 valence electrons. The van der Waals surface area contributed by atoms with Crippen LogP contribution < -0.4 is 9.47 Å². The fraction of sp³-hybridized carbons (Fsp3) is 0.333. The van der Waals surface area contributed by atoms with Crippen LogP contribution in [0.15, 0.2) is 42.5 Å². The van der Waals surface area contributed by atoms with Crippen molar-refractivity contribution in [3.05, 3.63) is 48.0 Å². The molecule has 0 saturated carbocycles. The van der Waals surface area contributed by atoms with Gasteiger partial charge in [-0.2, -0.15) is 0 Å². The number of methoxy groups -OCH3 is 2. The molecule has 0 aromatic heterocycles. The van der Waals surface area contributed by atoms with Crippen molar-refractivity contribution in [3.8, 4) is 11.5 Å². The summed E-state index contributed by atoms with van der Waals surface area (Å²) in [5.41, 5.74) is 1.23. The van der Waals surface area contributed by atoms with Crippen molar-refractivity contribution >= 4 is 57.2 Å². The average molecular weight is 429 g/mol. The van der Waals surface area contributed by atoms with Gasteiger partial charge in [0.1, 0.15) is 0 Å². The van der Waals surface area contributed by atoms with Gasteiger partial charge in [0.15, 0.2) is 11.5 Å². The molecule has 6 heteroatoms. The normalized spacial score (nSPS) is 11.0. The van der Waals surface area contributed by atoms with Crippen LogP contribution in [-0.2, 0) is 6.54 Å². The highest BCUT2D eigenvalue weighted by Gasteiger charge is 2.14. The second-order valence-electron chi connectivity index (χ2n) is 6.16. The van der Waals surface area contributed by atoms with Gasteiger partial charge in [0, 0.05) is 31.4 Å². The molecule has 0 amide bonds. The Hall–Kier alpha value is -1.39. The van der Waals surface area contributed by atoms with E-state index in [0.717, 1.165) is 41.9 Å². The lowest BCUT2D eigenvalue weighted by atomic mass is 9.96. The maximum absolute atomic E-state index is 5.98. The van der Waals surface area contributed by atoms with E-state index in [-0.39, 0.29) is 12.4 Å². The largest absolute Gasteiger partial charge is 0.493 e. The summed E-state index contributed by atoms with van der Waals surface area (Å²) in [4.78, 5) is 2.28. The number of nitrogens with zero attached hydrogens (tertiary/aromatic N) is 1. The molecule has 0 aliphatic carbocycles. The Kier molecular flexibility index (Phi) is 8.30. The molecule has 27 heavy (non-hydrogen) atoms. The zero-order valence-corrected chi connectivity index (χ0v) is 17.8. The average Bonchev–Trinajstić information content (AvgIpc) is 2.67. The van der Waals surface area contributed by atoms with Gasteiger partial charge >= 0.3 is 0 Å². The number of hydrogen-bond donors (Lipinski definition) is 0. The Balaban J connectivity index is 0.00000261. The molecule has 0 spiro atoms. The first-order chi connectivity index (χ1) is 12.7. The first-order valence-electron chi connectivity index (χ1n) is 8.62. The predicted octanol–water partition coefficient (Wildman–Crippen LogP) is 5.71. The second-order valence-corrected chi connectivity index (χ2v) is 6.92. The summed E-state index contributed by atoms with van der Waals surface area (Å²) in [5, 5.41) is 4.73. The third-order valence-corrected chi connectivity index (χ3v) is 4.98. The first kappa shape index (κ1) is 21.9. The van der Waals surface area contributed by atoms with Crippen LogP contribution in [0.2, 0.25) is 0 Å². The van der Waals surface area contributed by atoms with Crippen molar-refractivity contribution in [2.45, 2.75) is 6.54 Å². The first-order valence-corrected chi connectivity index (χ1v) is 9.69. The Morgan fingerprint density at radius 2 is 1.41 bits per heavy atom. The lowest BCUT2D eigenvalue weighted by molar-refractivity contribution is 0.300. The predicted molar refractivity (Wildman–Crippen MR) is 119 cm³/mol. The van der Waals surface area contributed by atoms with E-state index in [9.17, 15) is 0 Å². The van der Waals surface area contributed by atoms with Gasteiger partial charge in [-0.25, -0.2) is 0 Å². The molecule has 0 saturated heterocycles. The van der Waals surface area contributed by atoms with Gasteiger partial charge in [0.25, 0.3) is 0 Å². The molecular formula is C21H24Cl3NO2. The van der Waals surface area contributed by atoms with E-state index in [4.69, 9.17) is 32.7 Å². The third kappa shape index (κ3) is 4.72.